The van der Waals surface area contributed by atoms with E-state index in [1.54, 1.807) is 7.11 Å². The lowest BCUT2D eigenvalue weighted by Gasteiger charge is -2.20. The highest BCUT2D eigenvalue weighted by atomic mass is 16.5. The molecule has 0 aliphatic carbocycles. The summed E-state index contributed by atoms with van der Waals surface area (Å²) in [6, 6.07) is 12.2. The van der Waals surface area contributed by atoms with Crippen LogP contribution in [0, 0.1) is 13.8 Å². The largest absolute Gasteiger partial charge is 0.496 e. The minimum absolute atomic E-state index is 0.140. The molecule has 0 saturated carbocycles. The van der Waals surface area contributed by atoms with E-state index in [4.69, 9.17) is 9.47 Å². The van der Waals surface area contributed by atoms with Crippen LogP contribution in [0.2, 0.25) is 0 Å². The maximum atomic E-state index is 6.17. The van der Waals surface area contributed by atoms with Crippen molar-refractivity contribution in [2.45, 2.75) is 26.8 Å². The summed E-state index contributed by atoms with van der Waals surface area (Å²) in [5.74, 6) is 2.54. The molecule has 2 aromatic rings. The molecule has 3 nitrogen and oxygen atoms in total. The van der Waals surface area contributed by atoms with Crippen molar-refractivity contribution < 1.29 is 9.47 Å². The van der Waals surface area contributed by atoms with E-state index < -0.39 is 0 Å². The number of aryl methyl sites for hydroxylation is 2. The summed E-state index contributed by atoms with van der Waals surface area (Å²) in [4.78, 5) is 0. The number of methoxy groups -OCH3 is 1. The molecule has 2 rings (SSSR count). The summed E-state index contributed by atoms with van der Waals surface area (Å²) in [6.07, 6.45) is 0. The van der Waals surface area contributed by atoms with Crippen LogP contribution in [0.3, 0.4) is 0 Å². The Morgan fingerprint density at radius 2 is 1.71 bits per heavy atom. The second-order valence-electron chi connectivity index (χ2n) is 5.25. The first-order chi connectivity index (χ1) is 10.1. The molecule has 0 saturated heterocycles. The van der Waals surface area contributed by atoms with E-state index in [1.807, 2.05) is 25.2 Å². The molecule has 0 bridgehead atoms. The maximum absolute atomic E-state index is 6.17. The molecule has 3 heteroatoms. The Morgan fingerprint density at radius 3 is 2.38 bits per heavy atom. The zero-order valence-corrected chi connectivity index (χ0v) is 13.4. The highest BCUT2D eigenvalue weighted by molar-refractivity contribution is 5.49. The highest BCUT2D eigenvalue weighted by Gasteiger charge is 2.17. The first-order valence-corrected chi connectivity index (χ1v) is 7.16. The Bertz CT molecular complexity index is 623. The molecule has 0 fully saturated rings. The molecule has 1 unspecified atom stereocenters. The fraction of sp³-hybridized carbons (Fsp3) is 0.333. The normalized spacial score (nSPS) is 12.0. The van der Waals surface area contributed by atoms with Gasteiger partial charge in [-0.3, -0.25) is 0 Å². The molecule has 1 N–H and O–H groups in total. The lowest BCUT2D eigenvalue weighted by atomic mass is 10.1. The van der Waals surface area contributed by atoms with Gasteiger partial charge in [-0.2, -0.15) is 0 Å². The molecule has 0 spiro atoms. The lowest BCUT2D eigenvalue weighted by molar-refractivity contribution is 0.392. The van der Waals surface area contributed by atoms with Crippen LogP contribution in [0.1, 0.15) is 29.7 Å². The van der Waals surface area contributed by atoms with Gasteiger partial charge in [-0.05, 0) is 57.1 Å². The van der Waals surface area contributed by atoms with Crippen molar-refractivity contribution >= 4 is 0 Å². The third-order valence-corrected chi connectivity index (χ3v) is 3.68. The van der Waals surface area contributed by atoms with Gasteiger partial charge in [-0.25, -0.2) is 0 Å². The van der Waals surface area contributed by atoms with Gasteiger partial charge in [-0.15, -0.1) is 0 Å². The van der Waals surface area contributed by atoms with Crippen molar-refractivity contribution in [3.63, 3.8) is 0 Å². The summed E-state index contributed by atoms with van der Waals surface area (Å²) >= 11 is 0. The fourth-order valence-corrected chi connectivity index (χ4v) is 2.30. The smallest absolute Gasteiger partial charge is 0.135 e. The Morgan fingerprint density at radius 1 is 1.00 bits per heavy atom. The van der Waals surface area contributed by atoms with Crippen molar-refractivity contribution in [2.24, 2.45) is 0 Å². The predicted molar refractivity (Wildman–Crippen MR) is 86.5 cm³/mol. The van der Waals surface area contributed by atoms with Gasteiger partial charge in [-0.1, -0.05) is 18.2 Å². The van der Waals surface area contributed by atoms with Crippen LogP contribution in [0.25, 0.3) is 0 Å². The van der Waals surface area contributed by atoms with Crippen LogP contribution >= 0.6 is 0 Å². The van der Waals surface area contributed by atoms with E-state index in [2.05, 4.69) is 44.3 Å². The minimum Gasteiger partial charge on any atom is -0.496 e. The molecule has 0 aromatic heterocycles. The summed E-state index contributed by atoms with van der Waals surface area (Å²) in [7, 11) is 3.61. The van der Waals surface area contributed by atoms with Crippen LogP contribution in [-0.4, -0.2) is 14.2 Å². The zero-order chi connectivity index (χ0) is 15.4. The van der Waals surface area contributed by atoms with Gasteiger partial charge in [0.05, 0.1) is 12.7 Å². The number of hydrogen-bond donors (Lipinski definition) is 1. The average Bonchev–Trinajstić information content (AvgIpc) is 2.49. The molecule has 112 valence electrons. The molecule has 0 aliphatic heterocycles. The van der Waals surface area contributed by atoms with E-state index in [-0.39, 0.29) is 6.04 Å². The van der Waals surface area contributed by atoms with Crippen molar-refractivity contribution in [2.75, 3.05) is 14.2 Å². The minimum atomic E-state index is 0.140. The van der Waals surface area contributed by atoms with Crippen molar-refractivity contribution in [1.82, 2.24) is 5.32 Å². The Kier molecular flexibility index (Phi) is 4.86. The van der Waals surface area contributed by atoms with Gasteiger partial charge in [0.1, 0.15) is 17.2 Å². The summed E-state index contributed by atoms with van der Waals surface area (Å²) in [5, 5.41) is 3.25. The molecule has 1 atom stereocenters. The molecule has 0 amide bonds. The van der Waals surface area contributed by atoms with E-state index >= 15 is 0 Å². The molecule has 0 radical (unpaired) electrons. The van der Waals surface area contributed by atoms with Gasteiger partial charge in [0.2, 0.25) is 0 Å². The molecule has 0 heterocycles. The Hall–Kier alpha value is -2.00. The van der Waals surface area contributed by atoms with E-state index in [1.165, 1.54) is 5.56 Å². The average molecular weight is 285 g/mol. The lowest BCUT2D eigenvalue weighted by Crippen LogP contribution is -2.14. The SMILES string of the molecule is CNC(C)c1c(OC)cccc1Oc1cc(C)ccc1C. The number of ether oxygens (including phenoxy) is 2. The van der Waals surface area contributed by atoms with E-state index in [0.717, 1.165) is 28.4 Å². The Labute approximate surface area is 126 Å². The van der Waals surface area contributed by atoms with Crippen LogP contribution in [0.15, 0.2) is 36.4 Å². The summed E-state index contributed by atoms with van der Waals surface area (Å²) < 4.78 is 11.6. The second kappa shape index (κ2) is 6.64. The quantitative estimate of drug-likeness (QED) is 0.884. The molecule has 0 aliphatic rings. The monoisotopic (exact) mass is 285 g/mol. The topological polar surface area (TPSA) is 30.5 Å². The van der Waals surface area contributed by atoms with Crippen LogP contribution < -0.4 is 14.8 Å². The number of rotatable bonds is 5. The van der Waals surface area contributed by atoms with Gasteiger partial charge >= 0.3 is 0 Å². The van der Waals surface area contributed by atoms with Crippen LogP contribution in [0.4, 0.5) is 0 Å². The number of hydrogen-bond acceptors (Lipinski definition) is 3. The molecule has 21 heavy (non-hydrogen) atoms. The summed E-state index contributed by atoms with van der Waals surface area (Å²) in [6.45, 7) is 6.21. The molecule has 2 aromatic carbocycles. The van der Waals surface area contributed by atoms with Crippen LogP contribution in [-0.2, 0) is 0 Å². The third-order valence-electron chi connectivity index (χ3n) is 3.68. The maximum Gasteiger partial charge on any atom is 0.135 e. The van der Waals surface area contributed by atoms with Gasteiger partial charge in [0, 0.05) is 6.04 Å². The number of benzene rings is 2. The van der Waals surface area contributed by atoms with Crippen molar-refractivity contribution in [3.8, 4) is 17.2 Å². The fourth-order valence-electron chi connectivity index (χ4n) is 2.30. The summed E-state index contributed by atoms with van der Waals surface area (Å²) in [5.41, 5.74) is 3.33. The van der Waals surface area contributed by atoms with E-state index in [0.29, 0.717) is 0 Å². The predicted octanol–water partition coefficient (Wildman–Crippen LogP) is 4.38. The van der Waals surface area contributed by atoms with Crippen LogP contribution in [0.5, 0.6) is 17.2 Å². The van der Waals surface area contributed by atoms with E-state index in [9.17, 15) is 0 Å². The standard InChI is InChI=1S/C18H23NO2/c1-12-9-10-13(2)17(11-12)21-16-8-6-7-15(20-5)18(16)14(3)19-4/h6-11,14,19H,1-5H3. The van der Waals surface area contributed by atoms with Crippen molar-refractivity contribution in [3.05, 3.63) is 53.1 Å². The van der Waals surface area contributed by atoms with Gasteiger partial charge < -0.3 is 14.8 Å². The first kappa shape index (κ1) is 15.4. The van der Waals surface area contributed by atoms with Crippen molar-refractivity contribution in [1.29, 1.82) is 0 Å². The van der Waals surface area contributed by atoms with Gasteiger partial charge in [0.15, 0.2) is 0 Å². The number of nitrogens with one attached hydrogen (secondary N) is 1. The van der Waals surface area contributed by atoms with Gasteiger partial charge in [0.25, 0.3) is 0 Å². The molecular formula is C18H23NO2. The zero-order valence-electron chi connectivity index (χ0n) is 13.4. The Balaban J connectivity index is 2.46. The highest BCUT2D eigenvalue weighted by Crippen LogP contribution is 2.37. The first-order valence-electron chi connectivity index (χ1n) is 7.16. The second-order valence-corrected chi connectivity index (χ2v) is 5.25. The third kappa shape index (κ3) is 3.37. The molecular weight excluding hydrogens is 262 g/mol.